The Kier molecular flexibility index (Phi) is 7.86. The van der Waals surface area contributed by atoms with Crippen LogP contribution in [0.2, 0.25) is 0 Å². The van der Waals surface area contributed by atoms with Crippen LogP contribution in [0.25, 0.3) is 104 Å². The van der Waals surface area contributed by atoms with Gasteiger partial charge in [0.25, 0.3) is 0 Å². The molecule has 0 spiro atoms. The third kappa shape index (κ3) is 5.71. The number of aromatic nitrogens is 4. The van der Waals surface area contributed by atoms with E-state index in [2.05, 4.69) is 163 Å². The van der Waals surface area contributed by atoms with Crippen LogP contribution in [0.15, 0.2) is 188 Å². The van der Waals surface area contributed by atoms with Crippen molar-refractivity contribution in [2.24, 2.45) is 0 Å². The third-order valence-electron chi connectivity index (χ3n) is 11.0. The number of thiophene rings is 1. The van der Waals surface area contributed by atoms with E-state index in [1.54, 1.807) is 0 Å². The van der Waals surface area contributed by atoms with Crippen LogP contribution in [0.5, 0.6) is 0 Å². The summed E-state index contributed by atoms with van der Waals surface area (Å²) >= 11 is 1.84. The van der Waals surface area contributed by atoms with Gasteiger partial charge in [-0.25, -0.2) is 15.0 Å². The molecule has 3 aromatic heterocycles. The van der Waals surface area contributed by atoms with Gasteiger partial charge < -0.3 is 4.57 Å². The molecule has 0 bridgehead atoms. The Morgan fingerprint density at radius 2 is 0.947 bits per heavy atom. The Morgan fingerprint density at radius 3 is 1.72 bits per heavy atom. The van der Waals surface area contributed by atoms with E-state index in [9.17, 15) is 0 Å². The van der Waals surface area contributed by atoms with Crippen LogP contribution in [0.1, 0.15) is 5.56 Å². The van der Waals surface area contributed by atoms with E-state index in [4.69, 9.17) is 15.0 Å². The maximum Gasteiger partial charge on any atom is 0.166 e. The lowest BCUT2D eigenvalue weighted by Gasteiger charge is -2.17. The van der Waals surface area contributed by atoms with Gasteiger partial charge in [-0.3, -0.25) is 0 Å². The Bertz CT molecular complexity index is 3250. The minimum absolute atomic E-state index is 0.614. The smallest absolute Gasteiger partial charge is 0.166 e. The molecule has 0 aliphatic rings. The zero-order valence-corrected chi connectivity index (χ0v) is 31.9. The Labute approximate surface area is 334 Å². The van der Waals surface area contributed by atoms with Gasteiger partial charge in [0.1, 0.15) is 0 Å². The molecule has 0 amide bonds. The summed E-state index contributed by atoms with van der Waals surface area (Å²) in [5, 5.41) is 4.93. The van der Waals surface area contributed by atoms with Gasteiger partial charge in [-0.05, 0) is 77.2 Å². The Hall–Kier alpha value is -7.21. The fourth-order valence-corrected chi connectivity index (χ4v) is 9.31. The number of rotatable bonds is 6. The van der Waals surface area contributed by atoms with Crippen LogP contribution in [0.4, 0.5) is 0 Å². The largest absolute Gasteiger partial charge is 0.308 e. The molecule has 0 saturated carbocycles. The first-order valence-electron chi connectivity index (χ1n) is 19.2. The van der Waals surface area contributed by atoms with Gasteiger partial charge in [-0.15, -0.1) is 11.3 Å². The molecule has 5 heteroatoms. The second-order valence-corrected chi connectivity index (χ2v) is 15.6. The molecule has 4 nitrogen and oxygen atoms in total. The predicted molar refractivity (Wildman–Crippen MR) is 239 cm³/mol. The summed E-state index contributed by atoms with van der Waals surface area (Å²) in [6.45, 7) is 2.18. The fraction of sp³-hybridized carbons (Fsp3) is 0.0192. The molecule has 0 atom stereocenters. The van der Waals surface area contributed by atoms with Gasteiger partial charge in [0.05, 0.1) is 16.7 Å². The fourth-order valence-electron chi connectivity index (χ4n) is 8.22. The van der Waals surface area contributed by atoms with Crippen LogP contribution in [0.3, 0.4) is 0 Å². The van der Waals surface area contributed by atoms with Crippen LogP contribution in [0, 0.1) is 6.92 Å². The molecule has 11 aromatic rings. The predicted octanol–water partition coefficient (Wildman–Crippen LogP) is 14.0. The molecule has 0 aliphatic heterocycles. The molecule has 268 valence electrons. The maximum absolute atomic E-state index is 5.29. The number of hydrogen-bond donors (Lipinski definition) is 0. The van der Waals surface area contributed by atoms with Crippen molar-refractivity contribution in [3.63, 3.8) is 0 Å². The standard InChI is InChI=1S/C52H34N4S/c1-33-14-8-9-19-39(33)38-24-27-41-40-20-10-12-22-45(40)56(47(41)32-38)46-28-25-36(37-26-29-49-43(30-37)42-21-11-13-23-48(42)57-49)31-44(46)52-54-50(34-15-4-2-5-16-34)53-51(55-52)35-17-6-3-7-18-35/h2-32H,1H3. The van der Waals surface area contributed by atoms with E-state index < -0.39 is 0 Å². The van der Waals surface area contributed by atoms with E-state index in [1.165, 1.54) is 47.6 Å². The van der Waals surface area contributed by atoms with E-state index in [0.717, 1.165) is 44.5 Å². The van der Waals surface area contributed by atoms with E-state index in [0.29, 0.717) is 17.5 Å². The minimum atomic E-state index is 0.614. The zero-order chi connectivity index (χ0) is 37.9. The highest BCUT2D eigenvalue weighted by Gasteiger charge is 2.21. The van der Waals surface area contributed by atoms with E-state index >= 15 is 0 Å². The van der Waals surface area contributed by atoms with Crippen LogP contribution in [-0.4, -0.2) is 19.5 Å². The van der Waals surface area contributed by atoms with Crippen LogP contribution in [-0.2, 0) is 0 Å². The summed E-state index contributed by atoms with van der Waals surface area (Å²) in [6.07, 6.45) is 0. The maximum atomic E-state index is 5.29. The number of hydrogen-bond acceptors (Lipinski definition) is 4. The number of benzene rings is 8. The van der Waals surface area contributed by atoms with Gasteiger partial charge in [0.15, 0.2) is 17.5 Å². The second-order valence-electron chi connectivity index (χ2n) is 14.5. The molecular weight excluding hydrogens is 713 g/mol. The van der Waals surface area contributed by atoms with Gasteiger partial charge >= 0.3 is 0 Å². The average Bonchev–Trinajstić information content (AvgIpc) is 3.82. The lowest BCUT2D eigenvalue weighted by molar-refractivity contribution is 1.06. The summed E-state index contributed by atoms with van der Waals surface area (Å²) in [7, 11) is 0. The molecular formula is C52H34N4S. The summed E-state index contributed by atoms with van der Waals surface area (Å²) in [6, 6.07) is 66.8. The minimum Gasteiger partial charge on any atom is -0.308 e. The van der Waals surface area contributed by atoms with Gasteiger partial charge in [-0.2, -0.15) is 0 Å². The first-order valence-corrected chi connectivity index (χ1v) is 20.0. The Balaban J connectivity index is 1.21. The molecule has 57 heavy (non-hydrogen) atoms. The first kappa shape index (κ1) is 33.2. The normalized spacial score (nSPS) is 11.6. The number of para-hydroxylation sites is 1. The first-order chi connectivity index (χ1) is 28.2. The highest BCUT2D eigenvalue weighted by atomic mass is 32.1. The van der Waals surface area contributed by atoms with Crippen molar-refractivity contribution in [2.75, 3.05) is 0 Å². The molecule has 0 fully saturated rings. The van der Waals surface area contributed by atoms with Crippen molar-refractivity contribution in [3.05, 3.63) is 194 Å². The molecule has 0 N–H and O–H groups in total. The molecule has 8 aromatic carbocycles. The molecule has 0 radical (unpaired) electrons. The molecule has 0 aliphatic carbocycles. The quantitative estimate of drug-likeness (QED) is 0.170. The van der Waals surface area contributed by atoms with Crippen molar-refractivity contribution < 1.29 is 0 Å². The van der Waals surface area contributed by atoms with Gasteiger partial charge in [0, 0.05) is 47.6 Å². The lowest BCUT2D eigenvalue weighted by Crippen LogP contribution is -2.04. The SMILES string of the molecule is Cc1ccccc1-c1ccc2c3ccccc3n(-c3ccc(-c4ccc5sc6ccccc6c5c4)cc3-c3nc(-c4ccccc4)nc(-c4ccccc4)n3)c2c1. The average molecular weight is 747 g/mol. The van der Waals surface area contributed by atoms with Crippen LogP contribution < -0.4 is 0 Å². The second kappa shape index (κ2) is 13.5. The van der Waals surface area contributed by atoms with Gasteiger partial charge in [-0.1, -0.05) is 146 Å². The van der Waals surface area contributed by atoms with Crippen molar-refractivity contribution in [3.8, 4) is 62.1 Å². The summed E-state index contributed by atoms with van der Waals surface area (Å²) in [5.74, 6) is 1.87. The van der Waals surface area contributed by atoms with Crippen LogP contribution >= 0.6 is 11.3 Å². The number of aryl methyl sites for hydroxylation is 1. The number of nitrogens with zero attached hydrogens (tertiary/aromatic N) is 4. The van der Waals surface area contributed by atoms with E-state index in [-0.39, 0.29) is 0 Å². The third-order valence-corrected chi connectivity index (χ3v) is 12.2. The monoisotopic (exact) mass is 746 g/mol. The van der Waals surface area contributed by atoms with Crippen molar-refractivity contribution >= 4 is 53.3 Å². The summed E-state index contributed by atoms with van der Waals surface area (Å²) < 4.78 is 4.98. The molecule has 11 rings (SSSR count). The van der Waals surface area contributed by atoms with Crippen molar-refractivity contribution in [1.29, 1.82) is 0 Å². The molecule has 0 unspecified atom stereocenters. The summed E-state index contributed by atoms with van der Waals surface area (Å²) in [5.41, 5.74) is 11.9. The van der Waals surface area contributed by atoms with Crippen molar-refractivity contribution in [1.82, 2.24) is 19.5 Å². The summed E-state index contributed by atoms with van der Waals surface area (Å²) in [4.78, 5) is 15.6. The van der Waals surface area contributed by atoms with E-state index in [1.807, 2.05) is 47.7 Å². The highest BCUT2D eigenvalue weighted by Crippen LogP contribution is 2.41. The number of fused-ring (bicyclic) bond motifs is 6. The zero-order valence-electron chi connectivity index (χ0n) is 31.1. The lowest BCUT2D eigenvalue weighted by atomic mass is 9.98. The van der Waals surface area contributed by atoms with Gasteiger partial charge in [0.2, 0.25) is 0 Å². The molecule has 3 heterocycles. The highest BCUT2D eigenvalue weighted by molar-refractivity contribution is 7.25. The Morgan fingerprint density at radius 1 is 0.368 bits per heavy atom. The molecule has 0 saturated heterocycles. The van der Waals surface area contributed by atoms with Crippen molar-refractivity contribution in [2.45, 2.75) is 6.92 Å². The topological polar surface area (TPSA) is 43.6 Å².